The number of nitrogens with one attached hydrogen (secondary N) is 1. The molecule has 0 unspecified atom stereocenters. The summed E-state index contributed by atoms with van der Waals surface area (Å²) in [5.41, 5.74) is 1.08. The molecule has 1 atom stereocenters. The molecular formula is C15H20N2O3. The van der Waals surface area contributed by atoms with Crippen molar-refractivity contribution >= 4 is 5.91 Å². The van der Waals surface area contributed by atoms with Gasteiger partial charge in [0.15, 0.2) is 11.5 Å². The highest BCUT2D eigenvalue weighted by Crippen LogP contribution is 2.32. The summed E-state index contributed by atoms with van der Waals surface area (Å²) in [6.07, 6.45) is 1.67. The van der Waals surface area contributed by atoms with Crippen molar-refractivity contribution in [3.05, 3.63) is 36.4 Å². The van der Waals surface area contributed by atoms with Gasteiger partial charge in [-0.05, 0) is 31.7 Å². The number of likely N-dealkylation sites (N-methyl/N-ethyl adjacent to an activating group) is 1. The van der Waals surface area contributed by atoms with E-state index in [1.165, 1.54) is 0 Å². The van der Waals surface area contributed by atoms with Crippen molar-refractivity contribution in [1.82, 2.24) is 10.2 Å². The Labute approximate surface area is 119 Å². The van der Waals surface area contributed by atoms with Crippen LogP contribution in [0.1, 0.15) is 12.5 Å². The van der Waals surface area contributed by atoms with Gasteiger partial charge in [0.05, 0.1) is 6.04 Å². The van der Waals surface area contributed by atoms with E-state index < -0.39 is 0 Å². The number of hydrogen-bond acceptors (Lipinski definition) is 4. The molecule has 0 bridgehead atoms. The van der Waals surface area contributed by atoms with Gasteiger partial charge in [0.1, 0.15) is 0 Å². The van der Waals surface area contributed by atoms with E-state index in [2.05, 4.69) is 11.9 Å². The van der Waals surface area contributed by atoms with E-state index >= 15 is 0 Å². The minimum atomic E-state index is -0.208. The van der Waals surface area contributed by atoms with E-state index in [0.717, 1.165) is 17.1 Å². The summed E-state index contributed by atoms with van der Waals surface area (Å²) in [6, 6.07) is 5.62. The lowest BCUT2D eigenvalue weighted by molar-refractivity contribution is -0.125. The van der Waals surface area contributed by atoms with Gasteiger partial charge in [-0.2, -0.15) is 0 Å². The molecule has 108 valence electrons. The zero-order chi connectivity index (χ0) is 14.5. The molecule has 0 aliphatic carbocycles. The molecule has 1 aliphatic heterocycles. The average molecular weight is 276 g/mol. The third-order valence-corrected chi connectivity index (χ3v) is 3.33. The molecule has 0 spiro atoms. The number of nitrogens with zero attached hydrogens (tertiary/aromatic N) is 1. The van der Waals surface area contributed by atoms with Crippen LogP contribution in [-0.2, 0) is 11.3 Å². The van der Waals surface area contributed by atoms with Crippen LogP contribution in [0.15, 0.2) is 30.9 Å². The quantitative estimate of drug-likeness (QED) is 0.801. The van der Waals surface area contributed by atoms with Crippen molar-refractivity contribution in [1.29, 1.82) is 0 Å². The average Bonchev–Trinajstić information content (AvgIpc) is 2.91. The summed E-state index contributed by atoms with van der Waals surface area (Å²) in [5, 5.41) is 2.80. The van der Waals surface area contributed by atoms with Crippen LogP contribution in [0.3, 0.4) is 0 Å². The van der Waals surface area contributed by atoms with E-state index in [-0.39, 0.29) is 18.7 Å². The van der Waals surface area contributed by atoms with Crippen LogP contribution in [-0.4, -0.2) is 37.2 Å². The van der Waals surface area contributed by atoms with E-state index in [4.69, 9.17) is 9.47 Å². The number of fused-ring (bicyclic) bond motifs is 1. The summed E-state index contributed by atoms with van der Waals surface area (Å²) < 4.78 is 10.6. The predicted molar refractivity (Wildman–Crippen MR) is 76.7 cm³/mol. The fraction of sp³-hybridized carbons (Fsp3) is 0.400. The Kier molecular flexibility index (Phi) is 4.63. The number of amides is 1. The highest BCUT2D eigenvalue weighted by atomic mass is 16.7. The fourth-order valence-corrected chi connectivity index (χ4v) is 1.98. The smallest absolute Gasteiger partial charge is 0.237 e. The van der Waals surface area contributed by atoms with Gasteiger partial charge in [0.2, 0.25) is 12.7 Å². The molecule has 1 aliphatic rings. The zero-order valence-corrected chi connectivity index (χ0v) is 11.9. The molecule has 0 aromatic heterocycles. The number of carbonyl (C=O) groups excluding carboxylic acids is 1. The van der Waals surface area contributed by atoms with Crippen molar-refractivity contribution in [2.75, 3.05) is 20.4 Å². The lowest BCUT2D eigenvalue weighted by Gasteiger charge is -2.23. The highest BCUT2D eigenvalue weighted by molar-refractivity contribution is 5.81. The van der Waals surface area contributed by atoms with Crippen LogP contribution >= 0.6 is 0 Å². The second-order valence-corrected chi connectivity index (χ2v) is 4.81. The van der Waals surface area contributed by atoms with Crippen LogP contribution in [0.5, 0.6) is 11.5 Å². The van der Waals surface area contributed by atoms with E-state index in [0.29, 0.717) is 13.1 Å². The Balaban J connectivity index is 1.95. The molecule has 20 heavy (non-hydrogen) atoms. The summed E-state index contributed by atoms with van der Waals surface area (Å²) in [4.78, 5) is 13.9. The number of carbonyl (C=O) groups is 1. The van der Waals surface area contributed by atoms with Crippen molar-refractivity contribution < 1.29 is 14.3 Å². The fourth-order valence-electron chi connectivity index (χ4n) is 1.98. The van der Waals surface area contributed by atoms with Gasteiger partial charge < -0.3 is 14.8 Å². The normalized spacial score (nSPS) is 14.2. The van der Waals surface area contributed by atoms with Crippen LogP contribution in [0.2, 0.25) is 0 Å². The summed E-state index contributed by atoms with van der Waals surface area (Å²) in [7, 11) is 1.92. The third-order valence-electron chi connectivity index (χ3n) is 3.33. The van der Waals surface area contributed by atoms with E-state index in [1.54, 1.807) is 6.08 Å². The first-order valence-electron chi connectivity index (χ1n) is 6.59. The Morgan fingerprint density at radius 3 is 3.00 bits per heavy atom. The first kappa shape index (κ1) is 14.4. The zero-order valence-electron chi connectivity index (χ0n) is 11.9. The molecule has 1 N–H and O–H groups in total. The number of ether oxygens (including phenoxy) is 2. The Bertz CT molecular complexity index is 502. The molecule has 1 aromatic carbocycles. The van der Waals surface area contributed by atoms with Gasteiger partial charge in [-0.15, -0.1) is 6.58 Å². The van der Waals surface area contributed by atoms with Crippen LogP contribution < -0.4 is 14.8 Å². The molecular weight excluding hydrogens is 256 g/mol. The van der Waals surface area contributed by atoms with Crippen molar-refractivity contribution in [3.8, 4) is 11.5 Å². The molecule has 0 saturated heterocycles. The van der Waals surface area contributed by atoms with Gasteiger partial charge in [-0.1, -0.05) is 12.1 Å². The first-order valence-corrected chi connectivity index (χ1v) is 6.59. The molecule has 1 heterocycles. The minimum absolute atomic E-state index is 0.00635. The minimum Gasteiger partial charge on any atom is -0.454 e. The molecule has 0 fully saturated rings. The monoisotopic (exact) mass is 276 g/mol. The standard InChI is InChI=1S/C15H20N2O3/c1-4-7-16-15(18)11(2)17(3)9-12-5-6-13-14(8-12)20-10-19-13/h4-6,8,11H,1,7,9-10H2,2-3H3,(H,16,18)/t11-/m0/s1. The Morgan fingerprint density at radius 2 is 2.25 bits per heavy atom. The second-order valence-electron chi connectivity index (χ2n) is 4.81. The summed E-state index contributed by atoms with van der Waals surface area (Å²) >= 11 is 0. The maximum absolute atomic E-state index is 11.9. The van der Waals surface area contributed by atoms with Crippen LogP contribution in [0.4, 0.5) is 0 Å². The molecule has 0 radical (unpaired) electrons. The van der Waals surface area contributed by atoms with Gasteiger partial charge in [0, 0.05) is 13.1 Å². The van der Waals surface area contributed by atoms with Gasteiger partial charge in [0.25, 0.3) is 0 Å². The molecule has 5 nitrogen and oxygen atoms in total. The molecule has 1 amide bonds. The van der Waals surface area contributed by atoms with Crippen molar-refractivity contribution in [3.63, 3.8) is 0 Å². The molecule has 2 rings (SSSR count). The SMILES string of the molecule is C=CCNC(=O)[C@H](C)N(C)Cc1ccc2c(c1)OCO2. The van der Waals surface area contributed by atoms with Crippen LogP contribution in [0.25, 0.3) is 0 Å². The first-order chi connectivity index (χ1) is 9.61. The number of benzene rings is 1. The second kappa shape index (κ2) is 6.43. The topological polar surface area (TPSA) is 50.8 Å². The highest BCUT2D eigenvalue weighted by Gasteiger charge is 2.19. The molecule has 0 saturated carbocycles. The van der Waals surface area contributed by atoms with Crippen LogP contribution in [0, 0.1) is 0 Å². The maximum Gasteiger partial charge on any atom is 0.237 e. The van der Waals surface area contributed by atoms with E-state index in [1.807, 2.05) is 37.1 Å². The molecule has 1 aromatic rings. The van der Waals surface area contributed by atoms with Gasteiger partial charge in [-0.25, -0.2) is 0 Å². The predicted octanol–water partition coefficient (Wildman–Crippen LogP) is 1.54. The van der Waals surface area contributed by atoms with Crippen molar-refractivity contribution in [2.45, 2.75) is 19.5 Å². The number of rotatable bonds is 6. The lowest BCUT2D eigenvalue weighted by Crippen LogP contribution is -2.42. The van der Waals surface area contributed by atoms with Gasteiger partial charge in [-0.3, -0.25) is 9.69 Å². The maximum atomic E-state index is 11.9. The van der Waals surface area contributed by atoms with Crippen molar-refractivity contribution in [2.24, 2.45) is 0 Å². The Morgan fingerprint density at radius 1 is 1.50 bits per heavy atom. The molecule has 5 heteroatoms. The summed E-state index contributed by atoms with van der Waals surface area (Å²) in [5.74, 6) is 1.53. The Hall–Kier alpha value is -2.01. The van der Waals surface area contributed by atoms with E-state index in [9.17, 15) is 4.79 Å². The number of hydrogen-bond donors (Lipinski definition) is 1. The summed E-state index contributed by atoms with van der Waals surface area (Å²) in [6.45, 7) is 6.89. The third kappa shape index (κ3) is 3.30. The lowest BCUT2D eigenvalue weighted by atomic mass is 10.1. The van der Waals surface area contributed by atoms with Gasteiger partial charge >= 0.3 is 0 Å². The largest absolute Gasteiger partial charge is 0.454 e.